The zero-order valence-electron chi connectivity index (χ0n) is 10.4. The van der Waals surface area contributed by atoms with Gasteiger partial charge in [-0.1, -0.05) is 0 Å². The second kappa shape index (κ2) is 4.98. The summed E-state index contributed by atoms with van der Waals surface area (Å²) in [4.78, 5) is 4.41. The van der Waals surface area contributed by atoms with Gasteiger partial charge in [0.1, 0.15) is 0 Å². The van der Waals surface area contributed by atoms with Crippen LogP contribution in [0.3, 0.4) is 0 Å². The predicted octanol–water partition coefficient (Wildman–Crippen LogP) is 2.76. The van der Waals surface area contributed by atoms with Gasteiger partial charge in [-0.3, -0.25) is 4.98 Å². The van der Waals surface area contributed by atoms with E-state index < -0.39 is 0 Å². The van der Waals surface area contributed by atoms with Crippen LogP contribution >= 0.6 is 15.9 Å². The fourth-order valence-corrected chi connectivity index (χ4v) is 2.55. The van der Waals surface area contributed by atoms with Crippen molar-refractivity contribution in [1.29, 1.82) is 0 Å². The van der Waals surface area contributed by atoms with Crippen molar-refractivity contribution in [3.05, 3.63) is 28.9 Å². The van der Waals surface area contributed by atoms with Gasteiger partial charge in [-0.05, 0) is 52.9 Å². The molecule has 2 aromatic rings. The number of hydrogen-bond donors (Lipinski definition) is 3. The lowest BCUT2D eigenvalue weighted by atomic mass is 10.1. The first-order chi connectivity index (χ1) is 9.15. The third-order valence-corrected chi connectivity index (χ3v) is 3.95. The van der Waals surface area contributed by atoms with Crippen molar-refractivity contribution in [2.45, 2.75) is 18.9 Å². The first kappa shape index (κ1) is 12.7. The number of anilines is 2. The molecule has 3 rings (SSSR count). The van der Waals surface area contributed by atoms with Crippen molar-refractivity contribution in [2.24, 2.45) is 5.92 Å². The van der Waals surface area contributed by atoms with E-state index >= 15 is 0 Å². The molecule has 1 aliphatic carbocycles. The summed E-state index contributed by atoms with van der Waals surface area (Å²) in [6, 6.07) is 5.74. The molecule has 19 heavy (non-hydrogen) atoms. The van der Waals surface area contributed by atoms with Crippen molar-refractivity contribution >= 4 is 38.2 Å². The zero-order valence-corrected chi connectivity index (χ0v) is 12.0. The van der Waals surface area contributed by atoms with E-state index in [1.807, 2.05) is 18.2 Å². The predicted molar refractivity (Wildman–Crippen MR) is 81.1 cm³/mol. The number of nitrogens with one attached hydrogen (secondary N) is 1. The lowest BCUT2D eigenvalue weighted by Crippen LogP contribution is -2.21. The molecule has 0 saturated heterocycles. The van der Waals surface area contributed by atoms with E-state index in [0.717, 1.165) is 33.9 Å². The molecule has 0 amide bonds. The minimum Gasteiger partial charge on any atom is -0.398 e. The van der Waals surface area contributed by atoms with Gasteiger partial charge in [0, 0.05) is 28.3 Å². The monoisotopic (exact) mass is 321 g/mol. The summed E-state index contributed by atoms with van der Waals surface area (Å²) >= 11 is 3.40. The molecule has 1 aromatic heterocycles. The number of rotatable bonds is 4. The minimum atomic E-state index is -0.275. The molecule has 1 unspecified atom stereocenters. The third kappa shape index (κ3) is 2.67. The molecule has 1 fully saturated rings. The standard InChI is InChI=1S/C14H16BrN3O/c15-9-5-10-11(16)3-4-12(14(10)18-6-9)17-7-13(19)8-1-2-8/h3-6,8,13,17,19H,1-2,7,16H2. The maximum atomic E-state index is 9.91. The van der Waals surface area contributed by atoms with Crippen molar-refractivity contribution in [1.82, 2.24) is 4.98 Å². The van der Waals surface area contributed by atoms with E-state index in [0.29, 0.717) is 18.2 Å². The number of hydrogen-bond acceptors (Lipinski definition) is 4. The van der Waals surface area contributed by atoms with Crippen molar-refractivity contribution in [2.75, 3.05) is 17.6 Å². The van der Waals surface area contributed by atoms with E-state index in [1.54, 1.807) is 6.20 Å². The van der Waals surface area contributed by atoms with Crippen LogP contribution in [0.2, 0.25) is 0 Å². The summed E-state index contributed by atoms with van der Waals surface area (Å²) in [7, 11) is 0. The SMILES string of the molecule is Nc1ccc(NCC(O)C2CC2)c2ncc(Br)cc12. The van der Waals surface area contributed by atoms with Crippen LogP contribution in [-0.2, 0) is 0 Å². The van der Waals surface area contributed by atoms with Crippen LogP contribution in [0.15, 0.2) is 28.9 Å². The molecule has 4 N–H and O–H groups in total. The Morgan fingerprint density at radius 1 is 1.47 bits per heavy atom. The second-order valence-corrected chi connectivity index (χ2v) is 5.95. The van der Waals surface area contributed by atoms with Gasteiger partial charge in [0.15, 0.2) is 0 Å². The van der Waals surface area contributed by atoms with Gasteiger partial charge in [-0.25, -0.2) is 0 Å². The average Bonchev–Trinajstić information content (AvgIpc) is 3.22. The van der Waals surface area contributed by atoms with Crippen LogP contribution in [0.5, 0.6) is 0 Å². The quantitative estimate of drug-likeness (QED) is 0.757. The van der Waals surface area contributed by atoms with Gasteiger partial charge < -0.3 is 16.2 Å². The lowest BCUT2D eigenvalue weighted by Gasteiger charge is -2.14. The molecular weight excluding hydrogens is 306 g/mol. The van der Waals surface area contributed by atoms with Gasteiger partial charge in [0.2, 0.25) is 0 Å². The highest BCUT2D eigenvalue weighted by Crippen LogP contribution is 2.33. The van der Waals surface area contributed by atoms with E-state index in [4.69, 9.17) is 5.73 Å². The van der Waals surface area contributed by atoms with E-state index in [9.17, 15) is 5.11 Å². The largest absolute Gasteiger partial charge is 0.398 e. The van der Waals surface area contributed by atoms with Gasteiger partial charge in [-0.2, -0.15) is 0 Å². The summed E-state index contributed by atoms with van der Waals surface area (Å²) in [5.41, 5.74) is 8.43. The van der Waals surface area contributed by atoms with Gasteiger partial charge >= 0.3 is 0 Å². The molecular formula is C14H16BrN3O. The summed E-state index contributed by atoms with van der Waals surface area (Å²) in [6.07, 6.45) is 3.75. The minimum absolute atomic E-state index is 0.275. The number of pyridine rings is 1. The van der Waals surface area contributed by atoms with E-state index in [1.165, 1.54) is 0 Å². The van der Waals surface area contributed by atoms with Gasteiger partial charge in [0.25, 0.3) is 0 Å². The number of aliphatic hydroxyl groups is 1. The maximum absolute atomic E-state index is 9.91. The lowest BCUT2D eigenvalue weighted by molar-refractivity contribution is 0.164. The maximum Gasteiger partial charge on any atom is 0.0954 e. The Balaban J connectivity index is 1.88. The summed E-state index contributed by atoms with van der Waals surface area (Å²) in [5.74, 6) is 0.467. The highest BCUT2D eigenvalue weighted by Gasteiger charge is 2.29. The fourth-order valence-electron chi connectivity index (χ4n) is 2.22. The smallest absolute Gasteiger partial charge is 0.0954 e. The Bertz CT molecular complexity index is 613. The molecule has 0 aliphatic heterocycles. The topological polar surface area (TPSA) is 71.2 Å². The molecule has 1 heterocycles. The molecule has 0 spiro atoms. The van der Waals surface area contributed by atoms with Crippen LogP contribution in [0.25, 0.3) is 10.9 Å². The molecule has 100 valence electrons. The first-order valence-corrected chi connectivity index (χ1v) is 7.20. The van der Waals surface area contributed by atoms with Crippen molar-refractivity contribution in [3.63, 3.8) is 0 Å². The Hall–Kier alpha value is -1.33. The molecule has 0 bridgehead atoms. The summed E-state index contributed by atoms with van der Waals surface area (Å²) < 4.78 is 0.905. The molecule has 1 aliphatic rings. The number of benzene rings is 1. The van der Waals surface area contributed by atoms with E-state index in [-0.39, 0.29) is 6.10 Å². The summed E-state index contributed by atoms with van der Waals surface area (Å²) in [5, 5.41) is 14.1. The number of aliphatic hydroxyl groups excluding tert-OH is 1. The number of nitrogens with zero attached hydrogens (tertiary/aromatic N) is 1. The van der Waals surface area contributed by atoms with Crippen LogP contribution in [0, 0.1) is 5.92 Å². The van der Waals surface area contributed by atoms with Crippen molar-refractivity contribution < 1.29 is 5.11 Å². The Kier molecular flexibility index (Phi) is 3.33. The van der Waals surface area contributed by atoms with E-state index in [2.05, 4.69) is 26.2 Å². The highest BCUT2D eigenvalue weighted by molar-refractivity contribution is 9.10. The van der Waals surface area contributed by atoms with Gasteiger partial charge in [0.05, 0.1) is 17.3 Å². The molecule has 1 atom stereocenters. The first-order valence-electron chi connectivity index (χ1n) is 6.41. The molecule has 0 radical (unpaired) electrons. The Labute approximate surface area is 120 Å². The average molecular weight is 322 g/mol. The summed E-state index contributed by atoms with van der Waals surface area (Å²) in [6.45, 7) is 0.557. The number of fused-ring (bicyclic) bond motifs is 1. The van der Waals surface area contributed by atoms with Crippen LogP contribution < -0.4 is 11.1 Å². The number of halogens is 1. The number of nitrogens with two attached hydrogens (primary N) is 1. The van der Waals surface area contributed by atoms with Crippen molar-refractivity contribution in [3.8, 4) is 0 Å². The van der Waals surface area contributed by atoms with Crippen LogP contribution in [-0.4, -0.2) is 22.7 Å². The molecule has 1 aromatic carbocycles. The molecule has 5 heteroatoms. The molecule has 1 saturated carbocycles. The van der Waals surface area contributed by atoms with Gasteiger partial charge in [-0.15, -0.1) is 0 Å². The normalized spacial score (nSPS) is 16.5. The Morgan fingerprint density at radius 3 is 3.00 bits per heavy atom. The zero-order chi connectivity index (χ0) is 13.4. The Morgan fingerprint density at radius 2 is 2.26 bits per heavy atom. The fraction of sp³-hybridized carbons (Fsp3) is 0.357. The highest BCUT2D eigenvalue weighted by atomic mass is 79.9. The van der Waals surface area contributed by atoms with Crippen LogP contribution in [0.4, 0.5) is 11.4 Å². The second-order valence-electron chi connectivity index (χ2n) is 5.04. The molecule has 4 nitrogen and oxygen atoms in total. The number of nitrogen functional groups attached to an aromatic ring is 1. The third-order valence-electron chi connectivity index (χ3n) is 3.52. The number of aromatic nitrogens is 1. The van der Waals surface area contributed by atoms with Crippen LogP contribution in [0.1, 0.15) is 12.8 Å².